The summed E-state index contributed by atoms with van der Waals surface area (Å²) in [5.74, 6) is 0.287. The number of primary amides is 1. The van der Waals surface area contributed by atoms with Gasteiger partial charge >= 0.3 is 6.18 Å². The number of hydrogen-bond acceptors (Lipinski definition) is 7. The summed E-state index contributed by atoms with van der Waals surface area (Å²) in [6.07, 6.45) is 1.58. The van der Waals surface area contributed by atoms with Crippen LogP contribution >= 0.6 is 0 Å². The average molecular weight is 518 g/mol. The van der Waals surface area contributed by atoms with Crippen LogP contribution in [-0.4, -0.2) is 67.2 Å². The number of aliphatic hydroxyl groups is 1. The Hall–Kier alpha value is -3.25. The van der Waals surface area contributed by atoms with E-state index in [2.05, 4.69) is 15.0 Å². The van der Waals surface area contributed by atoms with Crippen molar-refractivity contribution in [1.29, 1.82) is 0 Å². The Labute approximate surface area is 212 Å². The minimum absolute atomic E-state index is 0.0757. The quantitative estimate of drug-likeness (QED) is 0.449. The first kappa shape index (κ1) is 25.4. The molecule has 12 heteroatoms. The number of amides is 1. The van der Waals surface area contributed by atoms with Crippen LogP contribution in [0.25, 0.3) is 11.2 Å². The summed E-state index contributed by atoms with van der Waals surface area (Å²) in [5.41, 5.74) is 6.42. The number of β-amino-alcohol motifs (C(OH)–C–C–N with tert-alkyl or cyclic N) is 1. The number of benzene rings is 1. The number of rotatable bonds is 9. The predicted molar refractivity (Wildman–Crippen MR) is 130 cm³/mol. The van der Waals surface area contributed by atoms with Gasteiger partial charge in [-0.05, 0) is 55.8 Å². The first-order chi connectivity index (χ1) is 17.7. The van der Waals surface area contributed by atoms with Crippen LogP contribution in [0.15, 0.2) is 36.9 Å². The number of nitrogens with zero attached hydrogens (tertiary/aromatic N) is 6. The van der Waals surface area contributed by atoms with Crippen LogP contribution in [0.4, 0.5) is 19.0 Å². The number of piperidine rings is 1. The molecule has 3 aromatic rings. The normalized spacial score (nSPS) is 20.9. The molecule has 2 atom stereocenters. The third-order valence-corrected chi connectivity index (χ3v) is 7.17. The summed E-state index contributed by atoms with van der Waals surface area (Å²) in [6, 6.07) is 5.58. The van der Waals surface area contributed by atoms with E-state index in [1.165, 1.54) is 18.5 Å². The van der Waals surface area contributed by atoms with E-state index in [0.717, 1.165) is 25.3 Å². The van der Waals surface area contributed by atoms with E-state index < -0.39 is 23.8 Å². The monoisotopic (exact) mass is 517 g/mol. The third kappa shape index (κ3) is 5.85. The van der Waals surface area contributed by atoms with Gasteiger partial charge in [0.25, 0.3) is 0 Å². The molecule has 0 radical (unpaired) electrons. The molecular formula is C25H30F3N7O2. The Balaban J connectivity index is 1.31. The van der Waals surface area contributed by atoms with Gasteiger partial charge in [-0.3, -0.25) is 9.69 Å². The molecular weight excluding hydrogens is 487 g/mol. The highest BCUT2D eigenvalue weighted by Crippen LogP contribution is 2.36. The zero-order valence-electron chi connectivity index (χ0n) is 20.3. The predicted octanol–water partition coefficient (Wildman–Crippen LogP) is 2.57. The van der Waals surface area contributed by atoms with Crippen LogP contribution < -0.4 is 10.6 Å². The molecule has 3 N–H and O–H groups in total. The van der Waals surface area contributed by atoms with Gasteiger partial charge in [-0.25, -0.2) is 15.0 Å². The average Bonchev–Trinajstić information content (AvgIpc) is 3.61. The Morgan fingerprint density at radius 2 is 2.00 bits per heavy atom. The molecule has 2 aromatic heterocycles. The van der Waals surface area contributed by atoms with E-state index in [4.69, 9.17) is 5.73 Å². The number of carbonyl (C=O) groups excluding carboxylic acids is 1. The van der Waals surface area contributed by atoms with Crippen LogP contribution in [0.3, 0.4) is 0 Å². The number of aryl methyl sites for hydroxylation is 1. The minimum atomic E-state index is -4.40. The lowest BCUT2D eigenvalue weighted by molar-refractivity contribution is -0.137. The SMILES string of the molecule is NC(=O)CN1CC[C@@H](CCn2cnc3c(N(Cc4cccc(C(F)(F)F)c4)C4CC4)ncnc32)[C@H](O)C1. The van der Waals surface area contributed by atoms with Gasteiger partial charge in [-0.15, -0.1) is 0 Å². The Bertz CT molecular complexity index is 1260. The minimum Gasteiger partial charge on any atom is -0.392 e. The van der Waals surface area contributed by atoms with Crippen LogP contribution in [0.1, 0.15) is 36.8 Å². The molecule has 1 saturated carbocycles. The zero-order valence-corrected chi connectivity index (χ0v) is 20.3. The molecule has 1 aliphatic carbocycles. The molecule has 0 spiro atoms. The number of hydrogen-bond donors (Lipinski definition) is 2. The lowest BCUT2D eigenvalue weighted by Gasteiger charge is -2.35. The van der Waals surface area contributed by atoms with Crippen LogP contribution in [-0.2, 0) is 24.1 Å². The number of alkyl halides is 3. The molecule has 9 nitrogen and oxygen atoms in total. The van der Waals surface area contributed by atoms with Crippen molar-refractivity contribution in [1.82, 2.24) is 24.4 Å². The molecule has 3 heterocycles. The highest BCUT2D eigenvalue weighted by Gasteiger charge is 2.34. The number of anilines is 1. The standard InChI is InChI=1S/C25H30F3N7O2/c26-25(27,28)18-3-1-2-16(10-18)11-35(19-4-5-19)24-22-23(30-14-31-24)34(15-32-22)9-7-17-6-8-33(12-20(17)36)13-21(29)37/h1-3,10,14-15,17,19-20,36H,4-9,11-13H2,(H2,29,37)/t17-,20+/m0/s1. The molecule has 1 aromatic carbocycles. The fraction of sp³-hybridized carbons (Fsp3) is 0.520. The first-order valence-electron chi connectivity index (χ1n) is 12.5. The fourth-order valence-corrected chi connectivity index (χ4v) is 5.10. The van der Waals surface area contributed by atoms with Gasteiger partial charge < -0.3 is 20.3 Å². The van der Waals surface area contributed by atoms with Crippen molar-refractivity contribution >= 4 is 22.9 Å². The number of aliphatic hydroxyl groups excluding tert-OH is 1. The second kappa shape index (κ2) is 10.3. The van der Waals surface area contributed by atoms with Crippen molar-refractivity contribution in [2.24, 2.45) is 11.7 Å². The Morgan fingerprint density at radius 3 is 2.70 bits per heavy atom. The summed E-state index contributed by atoms with van der Waals surface area (Å²) in [4.78, 5) is 28.5. The molecule has 2 aliphatic rings. The van der Waals surface area contributed by atoms with Crippen molar-refractivity contribution in [3.8, 4) is 0 Å². The van der Waals surface area contributed by atoms with Gasteiger partial charge in [0.1, 0.15) is 6.33 Å². The van der Waals surface area contributed by atoms with Gasteiger partial charge in [0.05, 0.1) is 24.5 Å². The van der Waals surface area contributed by atoms with E-state index in [0.29, 0.717) is 55.1 Å². The topological polar surface area (TPSA) is 113 Å². The first-order valence-corrected chi connectivity index (χ1v) is 12.5. The third-order valence-electron chi connectivity index (χ3n) is 7.17. The number of imidazole rings is 1. The van der Waals surface area contributed by atoms with Gasteiger partial charge in [-0.1, -0.05) is 12.1 Å². The highest BCUT2D eigenvalue weighted by atomic mass is 19.4. The van der Waals surface area contributed by atoms with Crippen molar-refractivity contribution in [2.45, 2.75) is 57.1 Å². The second-order valence-electron chi connectivity index (χ2n) is 9.97. The maximum Gasteiger partial charge on any atom is 0.416 e. The van der Waals surface area contributed by atoms with Crippen LogP contribution in [0.5, 0.6) is 0 Å². The maximum absolute atomic E-state index is 13.2. The second-order valence-corrected chi connectivity index (χ2v) is 9.97. The lowest BCUT2D eigenvalue weighted by atomic mass is 9.91. The molecule has 1 aliphatic heterocycles. The van der Waals surface area contributed by atoms with Gasteiger partial charge in [0.15, 0.2) is 17.0 Å². The number of nitrogens with two attached hydrogens (primary N) is 1. The summed E-state index contributed by atoms with van der Waals surface area (Å²) in [6.45, 7) is 2.16. The number of aromatic nitrogens is 4. The van der Waals surface area contributed by atoms with Gasteiger partial charge in [0.2, 0.25) is 5.91 Å². The largest absolute Gasteiger partial charge is 0.416 e. The fourth-order valence-electron chi connectivity index (χ4n) is 5.10. The molecule has 5 rings (SSSR count). The molecule has 1 saturated heterocycles. The van der Waals surface area contributed by atoms with E-state index in [-0.39, 0.29) is 18.5 Å². The smallest absolute Gasteiger partial charge is 0.392 e. The number of fused-ring (bicyclic) bond motifs is 1. The summed E-state index contributed by atoms with van der Waals surface area (Å²) < 4.78 is 41.6. The molecule has 0 bridgehead atoms. The van der Waals surface area contributed by atoms with Gasteiger partial charge in [0, 0.05) is 25.7 Å². The molecule has 1 amide bonds. The molecule has 198 valence electrons. The summed E-state index contributed by atoms with van der Waals surface area (Å²) >= 11 is 0. The van der Waals surface area contributed by atoms with Crippen molar-refractivity contribution in [3.05, 3.63) is 48.0 Å². The van der Waals surface area contributed by atoms with E-state index in [1.807, 2.05) is 14.4 Å². The van der Waals surface area contributed by atoms with Gasteiger partial charge in [-0.2, -0.15) is 13.2 Å². The van der Waals surface area contributed by atoms with Crippen molar-refractivity contribution in [3.63, 3.8) is 0 Å². The Kier molecular flexibility index (Phi) is 7.04. The van der Waals surface area contributed by atoms with E-state index in [1.54, 1.807) is 12.4 Å². The van der Waals surface area contributed by atoms with Crippen LogP contribution in [0, 0.1) is 5.92 Å². The summed E-state index contributed by atoms with van der Waals surface area (Å²) in [5, 5.41) is 10.6. The maximum atomic E-state index is 13.2. The number of carbonyl (C=O) groups is 1. The number of likely N-dealkylation sites (tertiary alicyclic amines) is 1. The van der Waals surface area contributed by atoms with Crippen molar-refractivity contribution in [2.75, 3.05) is 24.5 Å². The lowest BCUT2D eigenvalue weighted by Crippen LogP contribution is -2.47. The molecule has 0 unspecified atom stereocenters. The number of halogens is 3. The zero-order chi connectivity index (χ0) is 26.2. The summed E-state index contributed by atoms with van der Waals surface area (Å²) in [7, 11) is 0. The highest BCUT2D eigenvalue weighted by molar-refractivity contribution is 5.83. The molecule has 2 fully saturated rings. The van der Waals surface area contributed by atoms with E-state index in [9.17, 15) is 23.1 Å². The van der Waals surface area contributed by atoms with Crippen LogP contribution in [0.2, 0.25) is 0 Å². The Morgan fingerprint density at radius 1 is 1.19 bits per heavy atom. The molecule has 37 heavy (non-hydrogen) atoms. The van der Waals surface area contributed by atoms with E-state index >= 15 is 0 Å². The van der Waals surface area contributed by atoms with Crippen molar-refractivity contribution < 1.29 is 23.1 Å².